The Morgan fingerprint density at radius 2 is 2.14 bits per heavy atom. The molecule has 0 aliphatic carbocycles. The lowest BCUT2D eigenvalue weighted by Crippen LogP contribution is -2.53. The number of methoxy groups -OCH3 is 1. The van der Waals surface area contributed by atoms with Crippen molar-refractivity contribution in [1.29, 1.82) is 0 Å². The van der Waals surface area contributed by atoms with E-state index in [2.05, 4.69) is 26.2 Å². The Morgan fingerprint density at radius 3 is 2.86 bits per heavy atom. The van der Waals surface area contributed by atoms with Crippen molar-refractivity contribution in [3.8, 4) is 5.75 Å². The molecule has 7 nitrogen and oxygen atoms in total. The number of para-hydroxylation sites is 1. The van der Waals surface area contributed by atoms with Gasteiger partial charge in [0.05, 0.1) is 23.0 Å². The molecule has 2 aromatic rings. The van der Waals surface area contributed by atoms with E-state index in [1.165, 1.54) is 0 Å². The Labute approximate surface area is 170 Å². The summed E-state index contributed by atoms with van der Waals surface area (Å²) in [5.41, 5.74) is 3.17. The van der Waals surface area contributed by atoms with Gasteiger partial charge < -0.3 is 19.8 Å². The number of hydrogen-bond acceptors (Lipinski definition) is 6. The summed E-state index contributed by atoms with van der Waals surface area (Å²) in [6, 6.07) is 12.9. The van der Waals surface area contributed by atoms with Crippen LogP contribution in [0, 0.1) is 5.92 Å². The van der Waals surface area contributed by atoms with Gasteiger partial charge in [-0.2, -0.15) is 0 Å². The van der Waals surface area contributed by atoms with Crippen LogP contribution in [0.3, 0.4) is 0 Å². The van der Waals surface area contributed by atoms with Gasteiger partial charge in [-0.05, 0) is 39.7 Å². The van der Waals surface area contributed by atoms with E-state index in [-0.39, 0.29) is 17.9 Å². The summed E-state index contributed by atoms with van der Waals surface area (Å²) in [4.78, 5) is 18.4. The van der Waals surface area contributed by atoms with Gasteiger partial charge in [0, 0.05) is 24.1 Å². The minimum Gasteiger partial charge on any atom is -0.496 e. The molecule has 0 bridgehead atoms. The third kappa shape index (κ3) is 3.22. The van der Waals surface area contributed by atoms with Crippen LogP contribution in [-0.2, 0) is 4.79 Å². The van der Waals surface area contributed by atoms with Gasteiger partial charge in [0.15, 0.2) is 0 Å². The molecule has 2 aliphatic heterocycles. The fourth-order valence-electron chi connectivity index (χ4n) is 3.91. The fourth-order valence-corrected chi connectivity index (χ4v) is 4.47. The van der Waals surface area contributed by atoms with E-state index >= 15 is 0 Å². The zero-order valence-electron chi connectivity index (χ0n) is 15.2. The molecule has 0 fully saturated rings. The van der Waals surface area contributed by atoms with E-state index < -0.39 is 13.0 Å². The molecule has 0 aromatic heterocycles. The van der Waals surface area contributed by atoms with Gasteiger partial charge in [-0.3, -0.25) is 10.1 Å². The Balaban J connectivity index is 1.80. The fraction of sp³-hybridized carbons (Fsp3) is 0.300. The smallest absolute Gasteiger partial charge is 0.252 e. The first kappa shape index (κ1) is 19.1. The predicted octanol–water partition coefficient (Wildman–Crippen LogP) is 1.82. The van der Waals surface area contributed by atoms with Crippen molar-refractivity contribution in [2.24, 2.45) is 10.9 Å². The summed E-state index contributed by atoms with van der Waals surface area (Å²) < 4.78 is 6.10. The van der Waals surface area contributed by atoms with Crippen molar-refractivity contribution in [3.05, 3.63) is 58.1 Å². The van der Waals surface area contributed by atoms with Crippen LogP contribution in [0.25, 0.3) is 0 Å². The third-order valence-electron chi connectivity index (χ3n) is 5.16. The topological polar surface area (TPSA) is 94.4 Å². The average molecular weight is 446 g/mol. The summed E-state index contributed by atoms with van der Waals surface area (Å²) in [5, 5.41) is 22.9. The van der Waals surface area contributed by atoms with Crippen LogP contribution >= 0.6 is 15.9 Å². The van der Waals surface area contributed by atoms with Crippen molar-refractivity contribution in [1.82, 2.24) is 5.32 Å². The number of amides is 1. The summed E-state index contributed by atoms with van der Waals surface area (Å²) >= 11 is 3.51. The molecule has 0 spiro atoms. The molecule has 1 amide bonds. The van der Waals surface area contributed by atoms with Crippen molar-refractivity contribution in [2.45, 2.75) is 12.4 Å². The standard InChI is InChI=1S/C20H20BrN3O4/c1-28-16-7-6-11(8-14(16)21)18-13-9-24(17(26)10-25)15-5-3-2-4-12(15)19(13)23-20(27)22-18/h2-8,13,18,20,22,25,27H,9-10H2,1H3. The summed E-state index contributed by atoms with van der Waals surface area (Å²) in [6.45, 7) is -0.217. The first-order valence-corrected chi connectivity index (χ1v) is 9.68. The normalized spacial score (nSPS) is 23.5. The van der Waals surface area contributed by atoms with Gasteiger partial charge in [-0.25, -0.2) is 4.99 Å². The number of benzene rings is 2. The predicted molar refractivity (Wildman–Crippen MR) is 108 cm³/mol. The molecule has 2 aliphatic rings. The number of halogens is 1. The first-order valence-electron chi connectivity index (χ1n) is 8.89. The lowest BCUT2D eigenvalue weighted by atomic mass is 9.81. The summed E-state index contributed by atoms with van der Waals surface area (Å²) in [5.74, 6) is 0.154. The molecule has 0 saturated heterocycles. The Kier molecular flexibility index (Phi) is 5.20. The number of rotatable bonds is 3. The van der Waals surface area contributed by atoms with Crippen LogP contribution < -0.4 is 15.0 Å². The molecule has 3 N–H and O–H groups in total. The number of aliphatic hydroxyl groups excluding tert-OH is 2. The van der Waals surface area contributed by atoms with Gasteiger partial charge in [0.25, 0.3) is 5.91 Å². The minimum absolute atomic E-state index is 0.186. The molecule has 28 heavy (non-hydrogen) atoms. The van der Waals surface area contributed by atoms with Crippen molar-refractivity contribution in [3.63, 3.8) is 0 Å². The van der Waals surface area contributed by atoms with Gasteiger partial charge >= 0.3 is 0 Å². The molecule has 0 saturated carbocycles. The maximum absolute atomic E-state index is 12.4. The quantitative estimate of drug-likeness (QED) is 0.669. The third-order valence-corrected chi connectivity index (χ3v) is 5.78. The summed E-state index contributed by atoms with van der Waals surface area (Å²) in [7, 11) is 1.60. The Morgan fingerprint density at radius 1 is 1.36 bits per heavy atom. The molecule has 2 heterocycles. The minimum atomic E-state index is -1.05. The van der Waals surface area contributed by atoms with Gasteiger partial charge in [0.2, 0.25) is 6.35 Å². The zero-order chi connectivity index (χ0) is 19.8. The van der Waals surface area contributed by atoms with Crippen molar-refractivity contribution < 1.29 is 19.7 Å². The van der Waals surface area contributed by atoms with Crippen LogP contribution in [0.4, 0.5) is 5.69 Å². The second-order valence-corrected chi connectivity index (χ2v) is 7.57. The number of nitrogens with one attached hydrogen (secondary N) is 1. The molecule has 3 atom stereocenters. The summed E-state index contributed by atoms with van der Waals surface area (Å²) in [6.07, 6.45) is -1.05. The second-order valence-electron chi connectivity index (χ2n) is 6.71. The number of aliphatic hydroxyl groups is 2. The zero-order valence-corrected chi connectivity index (χ0v) is 16.8. The van der Waals surface area contributed by atoms with E-state index in [0.29, 0.717) is 18.0 Å². The average Bonchev–Trinajstić information content (AvgIpc) is 2.72. The number of ether oxygens (including phenoxy) is 1. The van der Waals surface area contributed by atoms with Gasteiger partial charge in [-0.15, -0.1) is 0 Å². The van der Waals surface area contributed by atoms with Crippen LogP contribution in [0.15, 0.2) is 51.9 Å². The van der Waals surface area contributed by atoms with Crippen LogP contribution in [-0.4, -0.2) is 48.4 Å². The van der Waals surface area contributed by atoms with Gasteiger partial charge in [0.1, 0.15) is 12.4 Å². The van der Waals surface area contributed by atoms with Crippen LogP contribution in [0.1, 0.15) is 17.2 Å². The molecule has 146 valence electrons. The number of fused-ring (bicyclic) bond motifs is 3. The van der Waals surface area contributed by atoms with Crippen molar-refractivity contribution in [2.75, 3.05) is 25.2 Å². The number of hydrogen-bond donors (Lipinski definition) is 3. The first-order chi connectivity index (χ1) is 13.5. The van der Waals surface area contributed by atoms with Gasteiger partial charge in [-0.1, -0.05) is 24.3 Å². The molecule has 4 rings (SSSR count). The highest BCUT2D eigenvalue weighted by atomic mass is 79.9. The van der Waals surface area contributed by atoms with E-state index in [4.69, 9.17) is 4.74 Å². The molecule has 0 radical (unpaired) electrons. The number of nitrogens with zero attached hydrogens (tertiary/aromatic N) is 2. The molecule has 2 aromatic carbocycles. The second kappa shape index (κ2) is 7.63. The lowest BCUT2D eigenvalue weighted by molar-refractivity contribution is -0.121. The van der Waals surface area contributed by atoms with E-state index in [1.807, 2.05) is 42.5 Å². The Hall–Kier alpha value is -2.26. The van der Waals surface area contributed by atoms with E-state index in [1.54, 1.807) is 12.0 Å². The highest BCUT2D eigenvalue weighted by molar-refractivity contribution is 9.10. The monoisotopic (exact) mass is 445 g/mol. The van der Waals surface area contributed by atoms with E-state index in [0.717, 1.165) is 21.3 Å². The number of carbonyl (C=O) groups is 1. The number of carbonyl (C=O) groups excluding carboxylic acids is 1. The molecular weight excluding hydrogens is 426 g/mol. The van der Waals surface area contributed by atoms with E-state index in [9.17, 15) is 15.0 Å². The molecule has 8 heteroatoms. The lowest BCUT2D eigenvalue weighted by Gasteiger charge is -2.42. The SMILES string of the molecule is COc1ccc(C2NC(O)N=C3c4ccccc4N(C(=O)CO)CC32)cc1Br. The van der Waals surface area contributed by atoms with Crippen LogP contribution in [0.2, 0.25) is 0 Å². The maximum atomic E-state index is 12.4. The highest BCUT2D eigenvalue weighted by Crippen LogP contribution is 2.40. The highest BCUT2D eigenvalue weighted by Gasteiger charge is 2.41. The Bertz CT molecular complexity index is 949. The largest absolute Gasteiger partial charge is 0.496 e. The molecule has 3 unspecified atom stereocenters. The van der Waals surface area contributed by atoms with Crippen LogP contribution in [0.5, 0.6) is 5.75 Å². The maximum Gasteiger partial charge on any atom is 0.252 e. The number of aliphatic imine (C=N–C) groups is 1. The van der Waals surface area contributed by atoms with Crippen molar-refractivity contribution >= 4 is 33.2 Å². The number of anilines is 1. The molecular formula is C20H20BrN3O4.